The van der Waals surface area contributed by atoms with Crippen molar-refractivity contribution in [3.63, 3.8) is 0 Å². The van der Waals surface area contributed by atoms with Crippen molar-refractivity contribution in [1.82, 2.24) is 9.62 Å². The second kappa shape index (κ2) is 9.68. The molecule has 3 rings (SSSR count). The van der Waals surface area contributed by atoms with Gasteiger partial charge in [0, 0.05) is 18.0 Å². The molecule has 0 spiro atoms. The van der Waals surface area contributed by atoms with Crippen LogP contribution in [-0.2, 0) is 23.0 Å². The van der Waals surface area contributed by atoms with Gasteiger partial charge < -0.3 is 4.74 Å². The molecule has 1 aliphatic rings. The molecule has 5 nitrogen and oxygen atoms in total. The van der Waals surface area contributed by atoms with Crippen LogP contribution in [0.2, 0.25) is 0 Å². The molecule has 1 fully saturated rings. The molecule has 0 aliphatic carbocycles. The Hall–Kier alpha value is -1.41. The summed E-state index contributed by atoms with van der Waals surface area (Å²) >= 11 is 1.80. The van der Waals surface area contributed by atoms with Gasteiger partial charge in [0.15, 0.2) is 0 Å². The Morgan fingerprint density at radius 3 is 2.56 bits per heavy atom. The summed E-state index contributed by atoms with van der Waals surface area (Å²) in [6, 6.07) is 11.8. The van der Waals surface area contributed by atoms with Gasteiger partial charge in [-0.2, -0.15) is 0 Å². The fourth-order valence-electron chi connectivity index (χ4n) is 3.33. The first kappa shape index (κ1) is 20.3. The summed E-state index contributed by atoms with van der Waals surface area (Å²) in [5, 5.41) is 2.11. The number of thiophene rings is 1. The number of rotatable bonds is 9. The van der Waals surface area contributed by atoms with Gasteiger partial charge in [-0.1, -0.05) is 18.2 Å². The topological polar surface area (TPSA) is 58.6 Å². The second-order valence-corrected chi connectivity index (χ2v) is 10.0. The van der Waals surface area contributed by atoms with Crippen LogP contribution in [0.4, 0.5) is 0 Å². The average Bonchev–Trinajstić information content (AvgIpc) is 3.19. The van der Waals surface area contributed by atoms with Gasteiger partial charge in [0.2, 0.25) is 10.0 Å². The highest BCUT2D eigenvalue weighted by atomic mass is 32.2. The number of aryl methyl sites for hydroxylation is 1. The van der Waals surface area contributed by atoms with Crippen molar-refractivity contribution in [2.24, 2.45) is 5.92 Å². The summed E-state index contributed by atoms with van der Waals surface area (Å²) in [5.41, 5.74) is 1.00. The SMILES string of the molecule is COc1ccc(CCS(=O)(=O)NCC2CCN(Cc3cccs3)CC2)cc1. The fourth-order valence-corrected chi connectivity index (χ4v) is 5.22. The van der Waals surface area contributed by atoms with Crippen LogP contribution in [0.3, 0.4) is 0 Å². The Bertz CT molecular complexity index is 781. The number of nitrogens with zero attached hydrogens (tertiary/aromatic N) is 1. The van der Waals surface area contributed by atoms with Crippen LogP contribution in [0.15, 0.2) is 41.8 Å². The third-order valence-electron chi connectivity index (χ3n) is 5.08. The monoisotopic (exact) mass is 408 g/mol. The van der Waals surface area contributed by atoms with Gasteiger partial charge in [-0.05, 0) is 67.4 Å². The van der Waals surface area contributed by atoms with Crippen LogP contribution in [-0.4, -0.2) is 45.8 Å². The third-order valence-corrected chi connectivity index (χ3v) is 7.29. The average molecular weight is 409 g/mol. The molecule has 2 aromatic rings. The van der Waals surface area contributed by atoms with E-state index in [9.17, 15) is 8.42 Å². The van der Waals surface area contributed by atoms with Crippen LogP contribution >= 0.6 is 11.3 Å². The number of methoxy groups -OCH3 is 1. The van der Waals surface area contributed by atoms with Gasteiger partial charge in [-0.25, -0.2) is 13.1 Å². The molecular weight excluding hydrogens is 380 g/mol. The van der Waals surface area contributed by atoms with Crippen molar-refractivity contribution in [1.29, 1.82) is 0 Å². The van der Waals surface area contributed by atoms with Crippen molar-refractivity contribution in [2.75, 3.05) is 32.5 Å². The van der Waals surface area contributed by atoms with Gasteiger partial charge in [0.1, 0.15) is 5.75 Å². The molecule has 0 atom stereocenters. The Kier molecular flexibility index (Phi) is 7.29. The molecule has 0 radical (unpaired) electrons. The first-order valence-corrected chi connectivity index (χ1v) is 11.9. The van der Waals surface area contributed by atoms with Gasteiger partial charge in [0.05, 0.1) is 12.9 Å². The van der Waals surface area contributed by atoms with Crippen molar-refractivity contribution in [2.45, 2.75) is 25.8 Å². The highest BCUT2D eigenvalue weighted by Gasteiger charge is 2.21. The molecule has 0 saturated carbocycles. The van der Waals surface area contributed by atoms with Crippen molar-refractivity contribution in [3.8, 4) is 5.75 Å². The standard InChI is InChI=1S/C20H28N2O3S2/c1-25-19-6-4-17(5-7-19)10-14-27(23,24)21-15-18-8-11-22(12-9-18)16-20-3-2-13-26-20/h2-7,13,18,21H,8-12,14-16H2,1H3. The molecule has 1 N–H and O–H groups in total. The molecule has 148 valence electrons. The highest BCUT2D eigenvalue weighted by Crippen LogP contribution is 2.20. The largest absolute Gasteiger partial charge is 0.497 e. The van der Waals surface area contributed by atoms with Crippen molar-refractivity contribution < 1.29 is 13.2 Å². The molecule has 1 aromatic heterocycles. The predicted octanol–water partition coefficient (Wildman–Crippen LogP) is 3.13. The minimum absolute atomic E-state index is 0.122. The number of benzene rings is 1. The van der Waals surface area contributed by atoms with E-state index in [1.807, 2.05) is 24.3 Å². The molecule has 7 heteroatoms. The zero-order chi connectivity index (χ0) is 19.1. The maximum absolute atomic E-state index is 12.3. The van der Waals surface area contributed by atoms with E-state index in [2.05, 4.69) is 27.1 Å². The smallest absolute Gasteiger partial charge is 0.211 e. The maximum Gasteiger partial charge on any atom is 0.211 e. The molecule has 1 aliphatic heterocycles. The molecule has 1 saturated heterocycles. The van der Waals surface area contributed by atoms with Crippen molar-refractivity contribution >= 4 is 21.4 Å². The number of nitrogens with one attached hydrogen (secondary N) is 1. The van der Waals surface area contributed by atoms with Gasteiger partial charge in [-0.15, -0.1) is 11.3 Å². The maximum atomic E-state index is 12.3. The summed E-state index contributed by atoms with van der Waals surface area (Å²) in [5.74, 6) is 1.34. The van der Waals surface area contributed by atoms with Gasteiger partial charge >= 0.3 is 0 Å². The number of hydrogen-bond donors (Lipinski definition) is 1. The predicted molar refractivity (Wildman–Crippen MR) is 111 cm³/mol. The number of hydrogen-bond acceptors (Lipinski definition) is 5. The van der Waals surface area contributed by atoms with Gasteiger partial charge in [0.25, 0.3) is 0 Å². The number of ether oxygens (including phenoxy) is 1. The molecule has 1 aromatic carbocycles. The lowest BCUT2D eigenvalue weighted by molar-refractivity contribution is 0.180. The van der Waals surface area contributed by atoms with Crippen LogP contribution in [0.25, 0.3) is 0 Å². The number of sulfonamides is 1. The Labute approximate surface area is 166 Å². The van der Waals surface area contributed by atoms with E-state index in [-0.39, 0.29) is 5.75 Å². The summed E-state index contributed by atoms with van der Waals surface area (Å²) in [7, 11) is -1.62. The fraction of sp³-hybridized carbons (Fsp3) is 0.500. The molecular formula is C20H28N2O3S2. The van der Waals surface area contributed by atoms with E-state index in [0.717, 1.165) is 43.8 Å². The van der Waals surface area contributed by atoms with Gasteiger partial charge in [-0.3, -0.25) is 4.90 Å². The van der Waals surface area contributed by atoms with E-state index in [1.54, 1.807) is 18.4 Å². The summed E-state index contributed by atoms with van der Waals surface area (Å²) in [4.78, 5) is 3.85. The molecule has 0 amide bonds. The quantitative estimate of drug-likeness (QED) is 0.693. The Balaban J connectivity index is 1.37. The zero-order valence-corrected chi connectivity index (χ0v) is 17.4. The van der Waals surface area contributed by atoms with Crippen LogP contribution in [0.1, 0.15) is 23.3 Å². The summed E-state index contributed by atoms with van der Waals surface area (Å²) < 4.78 is 32.5. The van der Waals surface area contributed by atoms with E-state index in [1.165, 1.54) is 4.88 Å². The number of piperidine rings is 1. The third kappa shape index (κ3) is 6.60. The Morgan fingerprint density at radius 2 is 1.93 bits per heavy atom. The van der Waals surface area contributed by atoms with Crippen LogP contribution in [0, 0.1) is 5.92 Å². The van der Waals surface area contributed by atoms with E-state index < -0.39 is 10.0 Å². The van der Waals surface area contributed by atoms with Crippen LogP contribution < -0.4 is 9.46 Å². The summed E-state index contributed by atoms with van der Waals surface area (Å²) in [6.45, 7) is 3.64. The first-order chi connectivity index (χ1) is 13.0. The minimum Gasteiger partial charge on any atom is -0.497 e. The second-order valence-electron chi connectivity index (χ2n) is 7.06. The van der Waals surface area contributed by atoms with Crippen molar-refractivity contribution in [3.05, 3.63) is 52.2 Å². The molecule has 27 heavy (non-hydrogen) atoms. The molecule has 2 heterocycles. The Morgan fingerprint density at radius 1 is 1.19 bits per heavy atom. The van der Waals surface area contributed by atoms with Crippen LogP contribution in [0.5, 0.6) is 5.75 Å². The normalized spacial score (nSPS) is 16.5. The molecule has 0 bridgehead atoms. The number of likely N-dealkylation sites (tertiary alicyclic amines) is 1. The minimum atomic E-state index is -3.24. The first-order valence-electron chi connectivity index (χ1n) is 9.39. The van der Waals surface area contributed by atoms with E-state index in [4.69, 9.17) is 4.74 Å². The summed E-state index contributed by atoms with van der Waals surface area (Å²) in [6.07, 6.45) is 2.61. The lowest BCUT2D eigenvalue weighted by Gasteiger charge is -2.31. The van der Waals surface area contributed by atoms with E-state index in [0.29, 0.717) is 18.9 Å². The lowest BCUT2D eigenvalue weighted by Crippen LogP contribution is -2.38. The van der Waals surface area contributed by atoms with E-state index >= 15 is 0 Å². The zero-order valence-electron chi connectivity index (χ0n) is 15.8. The lowest BCUT2D eigenvalue weighted by atomic mass is 9.97. The highest BCUT2D eigenvalue weighted by molar-refractivity contribution is 7.89. The molecule has 0 unspecified atom stereocenters.